The van der Waals surface area contributed by atoms with Gasteiger partial charge in [0.05, 0.1) is 15.7 Å². The van der Waals surface area contributed by atoms with E-state index in [1.165, 1.54) is 0 Å². The average Bonchev–Trinajstić information content (AvgIpc) is 3.26. The van der Waals surface area contributed by atoms with Crippen LogP contribution >= 0.6 is 23.2 Å². The molecule has 3 rings (SSSR count). The van der Waals surface area contributed by atoms with E-state index in [2.05, 4.69) is 17.3 Å². The summed E-state index contributed by atoms with van der Waals surface area (Å²) >= 11 is 12.0. The lowest BCUT2D eigenvalue weighted by molar-refractivity contribution is 0.0685. The van der Waals surface area contributed by atoms with Gasteiger partial charge in [-0.15, -0.1) is 0 Å². The van der Waals surface area contributed by atoms with Crippen molar-refractivity contribution in [3.63, 3.8) is 0 Å². The maximum Gasteiger partial charge on any atom is 0.274 e. The molecule has 0 spiro atoms. The Kier molecular flexibility index (Phi) is 5.43. The molecule has 1 amide bonds. The van der Waals surface area contributed by atoms with Crippen molar-refractivity contribution in [1.29, 1.82) is 0 Å². The van der Waals surface area contributed by atoms with Crippen molar-refractivity contribution in [3.8, 4) is 5.69 Å². The minimum Gasteiger partial charge on any atom is -0.333 e. The van der Waals surface area contributed by atoms with E-state index in [-0.39, 0.29) is 11.9 Å². The third-order valence-electron chi connectivity index (χ3n) is 4.18. The van der Waals surface area contributed by atoms with Crippen LogP contribution in [-0.4, -0.2) is 46.3 Å². The van der Waals surface area contributed by atoms with Crippen LogP contribution in [0.3, 0.4) is 0 Å². The van der Waals surface area contributed by atoms with Crippen LogP contribution in [0, 0.1) is 0 Å². The van der Waals surface area contributed by atoms with Crippen LogP contribution in [-0.2, 0) is 0 Å². The van der Waals surface area contributed by atoms with E-state index in [0.29, 0.717) is 15.7 Å². The fourth-order valence-electron chi connectivity index (χ4n) is 2.95. The lowest BCUT2D eigenvalue weighted by Gasteiger charge is -2.27. The number of nitrogens with zero attached hydrogens (tertiary/aromatic N) is 3. The van der Waals surface area contributed by atoms with Gasteiger partial charge in [0.25, 0.3) is 5.91 Å². The van der Waals surface area contributed by atoms with Gasteiger partial charge in [-0.1, -0.05) is 30.1 Å². The first-order chi connectivity index (χ1) is 11.6. The van der Waals surface area contributed by atoms with Gasteiger partial charge in [0.1, 0.15) is 0 Å². The normalized spacial score (nSPS) is 17.2. The van der Waals surface area contributed by atoms with Gasteiger partial charge in [-0.2, -0.15) is 5.10 Å². The number of aromatic nitrogens is 2. The van der Waals surface area contributed by atoms with E-state index in [9.17, 15) is 4.79 Å². The van der Waals surface area contributed by atoms with Gasteiger partial charge in [-0.3, -0.25) is 4.79 Å². The van der Waals surface area contributed by atoms with Crippen LogP contribution in [0.5, 0.6) is 0 Å². The first-order valence-corrected chi connectivity index (χ1v) is 8.88. The van der Waals surface area contributed by atoms with Crippen molar-refractivity contribution in [2.24, 2.45) is 0 Å². The molecule has 1 aromatic heterocycles. The Labute approximate surface area is 151 Å². The monoisotopic (exact) mass is 366 g/mol. The number of amides is 1. The third-order valence-corrected chi connectivity index (χ3v) is 4.92. The number of carbonyl (C=O) groups excluding carboxylic acids is 1. The Morgan fingerprint density at radius 3 is 2.88 bits per heavy atom. The molecule has 0 radical (unpaired) electrons. The minimum atomic E-state index is -0.0237. The van der Waals surface area contributed by atoms with Crippen molar-refractivity contribution < 1.29 is 4.79 Å². The summed E-state index contributed by atoms with van der Waals surface area (Å²) in [5.74, 6) is -0.0237. The molecular formula is C17H20Cl2N4O. The Morgan fingerprint density at radius 2 is 2.21 bits per heavy atom. The highest BCUT2D eigenvalue weighted by molar-refractivity contribution is 6.42. The summed E-state index contributed by atoms with van der Waals surface area (Å²) in [4.78, 5) is 14.8. The fourth-order valence-corrected chi connectivity index (χ4v) is 3.25. The van der Waals surface area contributed by atoms with E-state index in [1.54, 1.807) is 29.1 Å². The molecule has 0 saturated carbocycles. The molecule has 24 heavy (non-hydrogen) atoms. The summed E-state index contributed by atoms with van der Waals surface area (Å²) in [5.41, 5.74) is 1.22. The van der Waals surface area contributed by atoms with Crippen LogP contribution in [0.2, 0.25) is 10.0 Å². The molecule has 0 bridgehead atoms. The van der Waals surface area contributed by atoms with E-state index in [1.807, 2.05) is 11.0 Å². The quantitative estimate of drug-likeness (QED) is 0.881. The van der Waals surface area contributed by atoms with Gasteiger partial charge in [0.15, 0.2) is 5.69 Å². The number of halogens is 2. The number of hydrogen-bond donors (Lipinski definition) is 1. The van der Waals surface area contributed by atoms with E-state index < -0.39 is 0 Å². The van der Waals surface area contributed by atoms with Gasteiger partial charge in [0, 0.05) is 25.3 Å². The number of carbonyl (C=O) groups is 1. The number of nitrogens with one attached hydrogen (secondary N) is 1. The molecule has 1 aromatic carbocycles. The Morgan fingerprint density at radius 1 is 1.38 bits per heavy atom. The zero-order valence-corrected chi connectivity index (χ0v) is 15.0. The second-order valence-corrected chi connectivity index (χ2v) is 6.70. The van der Waals surface area contributed by atoms with Crippen LogP contribution < -0.4 is 5.32 Å². The molecule has 2 aromatic rings. The molecular weight excluding hydrogens is 347 g/mol. The number of hydrogen-bond acceptors (Lipinski definition) is 3. The molecule has 1 aliphatic heterocycles. The molecule has 1 unspecified atom stereocenters. The molecule has 5 nitrogen and oxygen atoms in total. The molecule has 2 heterocycles. The van der Waals surface area contributed by atoms with Crippen molar-refractivity contribution in [1.82, 2.24) is 20.0 Å². The highest BCUT2D eigenvalue weighted by Gasteiger charge is 2.27. The van der Waals surface area contributed by atoms with Gasteiger partial charge < -0.3 is 10.2 Å². The van der Waals surface area contributed by atoms with Crippen LogP contribution in [0.4, 0.5) is 0 Å². The van der Waals surface area contributed by atoms with Gasteiger partial charge in [0.2, 0.25) is 0 Å². The molecule has 1 saturated heterocycles. The van der Waals surface area contributed by atoms with Gasteiger partial charge >= 0.3 is 0 Å². The first kappa shape index (κ1) is 17.3. The molecule has 1 fully saturated rings. The van der Waals surface area contributed by atoms with Crippen molar-refractivity contribution >= 4 is 29.1 Å². The lowest BCUT2D eigenvalue weighted by atomic mass is 10.2. The summed E-state index contributed by atoms with van der Waals surface area (Å²) in [6, 6.07) is 7.26. The topological polar surface area (TPSA) is 50.2 Å². The summed E-state index contributed by atoms with van der Waals surface area (Å²) in [5, 5.41) is 8.70. The SMILES string of the molecule is CCCN(C(=O)c1ccn(-c2ccc(Cl)c(Cl)c2)n1)C1CCNC1. The largest absolute Gasteiger partial charge is 0.333 e. The molecule has 0 aliphatic carbocycles. The molecule has 128 valence electrons. The Balaban J connectivity index is 1.82. The third kappa shape index (κ3) is 3.58. The van der Waals surface area contributed by atoms with Crippen molar-refractivity contribution in [2.75, 3.05) is 19.6 Å². The first-order valence-electron chi connectivity index (χ1n) is 8.13. The predicted octanol–water partition coefficient (Wildman–Crippen LogP) is 3.39. The Hall–Kier alpha value is -1.56. The van der Waals surface area contributed by atoms with Crippen LogP contribution in [0.15, 0.2) is 30.5 Å². The Bertz CT molecular complexity index is 725. The molecule has 1 atom stereocenters. The number of rotatable bonds is 5. The summed E-state index contributed by atoms with van der Waals surface area (Å²) in [6.45, 7) is 4.62. The van der Waals surface area contributed by atoms with Gasteiger partial charge in [-0.25, -0.2) is 4.68 Å². The van der Waals surface area contributed by atoms with Crippen molar-refractivity contribution in [3.05, 3.63) is 46.2 Å². The standard InChI is InChI=1S/C17H20Cl2N4O/c1-2-8-22(13-5-7-20-11-13)17(24)16-6-9-23(21-16)12-3-4-14(18)15(19)10-12/h3-4,6,9-10,13,20H,2,5,7-8,11H2,1H3. The molecule has 7 heteroatoms. The lowest BCUT2D eigenvalue weighted by Crippen LogP contribution is -2.42. The summed E-state index contributed by atoms with van der Waals surface area (Å²) in [7, 11) is 0. The zero-order chi connectivity index (χ0) is 17.1. The second-order valence-electron chi connectivity index (χ2n) is 5.89. The maximum absolute atomic E-state index is 12.9. The zero-order valence-electron chi connectivity index (χ0n) is 13.5. The average molecular weight is 367 g/mol. The minimum absolute atomic E-state index is 0.0237. The van der Waals surface area contributed by atoms with E-state index in [4.69, 9.17) is 23.2 Å². The van der Waals surface area contributed by atoms with E-state index >= 15 is 0 Å². The van der Waals surface area contributed by atoms with Gasteiger partial charge in [-0.05, 0) is 43.7 Å². The molecule has 1 aliphatic rings. The smallest absolute Gasteiger partial charge is 0.274 e. The highest BCUT2D eigenvalue weighted by atomic mass is 35.5. The summed E-state index contributed by atoms with van der Waals surface area (Å²) < 4.78 is 1.65. The number of benzene rings is 1. The fraction of sp³-hybridized carbons (Fsp3) is 0.412. The highest BCUT2D eigenvalue weighted by Crippen LogP contribution is 2.24. The molecule has 1 N–H and O–H groups in total. The maximum atomic E-state index is 12.9. The van der Waals surface area contributed by atoms with Crippen LogP contribution in [0.1, 0.15) is 30.3 Å². The second kappa shape index (κ2) is 7.55. The van der Waals surface area contributed by atoms with Crippen LogP contribution in [0.25, 0.3) is 5.69 Å². The van der Waals surface area contributed by atoms with E-state index in [0.717, 1.165) is 38.2 Å². The van der Waals surface area contributed by atoms with Crippen molar-refractivity contribution in [2.45, 2.75) is 25.8 Å². The predicted molar refractivity (Wildman–Crippen MR) is 96.2 cm³/mol. The summed E-state index contributed by atoms with van der Waals surface area (Å²) in [6.07, 6.45) is 3.68.